The maximum Gasteiger partial charge on any atom is 0.230 e. The second-order valence-electron chi connectivity index (χ2n) is 14.5. The van der Waals surface area contributed by atoms with Crippen LogP contribution in [0.1, 0.15) is 66.5 Å². The minimum absolute atomic E-state index is 0.0381. The minimum atomic E-state index is -0.417. The second-order valence-corrected chi connectivity index (χ2v) is 14.5. The number of carbonyl (C=O) groups is 1. The molecule has 0 aliphatic carbocycles. The van der Waals surface area contributed by atoms with Crippen molar-refractivity contribution >= 4 is 34.1 Å². The number of rotatable bonds is 12. The van der Waals surface area contributed by atoms with Gasteiger partial charge in [0.05, 0.1) is 25.7 Å². The minimum Gasteiger partial charge on any atom is -0.493 e. The van der Waals surface area contributed by atoms with Gasteiger partial charge in [-0.15, -0.1) is 0 Å². The smallest absolute Gasteiger partial charge is 0.230 e. The Morgan fingerprint density at radius 2 is 1.87 bits per heavy atom. The summed E-state index contributed by atoms with van der Waals surface area (Å²) in [6, 6.07) is 11.8. The number of methoxy groups -OCH3 is 1. The zero-order valence-electron chi connectivity index (χ0n) is 28.6. The monoisotopic (exact) mass is 645 g/mol. The van der Waals surface area contributed by atoms with Gasteiger partial charge in [0.25, 0.3) is 0 Å². The summed E-state index contributed by atoms with van der Waals surface area (Å²) < 4.78 is 25.4. The SMILES string of the molecule is COc1cc2c(Nc3cc(CC(=O)Nc4cccc(F)c4)[nH]n3)ncnc2cc1OCCCN1CCC[C@H]1C(C(C)(C)C)C(C)(C)C. The zero-order valence-corrected chi connectivity index (χ0v) is 28.6. The molecule has 1 atom stereocenters. The standard InChI is InChI=1S/C36H48FN7O3/c1-35(2,3)33(36(4,5)6)28-13-9-14-44(28)15-10-16-47-30-21-27-26(20-29(30)46-7)34(39-22-38-27)41-31-18-25(42-43-31)19-32(45)40-24-12-8-11-23(37)17-24/h8,11-12,17-18,20-22,28,33H,9-10,13-16,19H2,1-7H3,(H,40,45)(H2,38,39,41,42,43)/t28-/m0/s1. The van der Waals surface area contributed by atoms with Gasteiger partial charge >= 0.3 is 0 Å². The van der Waals surface area contributed by atoms with Crippen molar-refractivity contribution in [2.24, 2.45) is 16.7 Å². The number of hydrogen-bond acceptors (Lipinski definition) is 8. The van der Waals surface area contributed by atoms with Crippen molar-refractivity contribution in [1.82, 2.24) is 25.1 Å². The van der Waals surface area contributed by atoms with E-state index in [2.05, 4.69) is 77.2 Å². The van der Waals surface area contributed by atoms with Crippen LogP contribution in [0.25, 0.3) is 10.9 Å². The number of nitrogens with one attached hydrogen (secondary N) is 3. The lowest BCUT2D eigenvalue weighted by atomic mass is 9.63. The number of halogens is 1. The van der Waals surface area contributed by atoms with E-state index in [1.807, 2.05) is 12.1 Å². The molecule has 2 aromatic carbocycles. The fourth-order valence-corrected chi connectivity index (χ4v) is 7.43. The molecule has 1 saturated heterocycles. The summed E-state index contributed by atoms with van der Waals surface area (Å²) >= 11 is 0. The van der Waals surface area contributed by atoms with Gasteiger partial charge < -0.3 is 20.1 Å². The van der Waals surface area contributed by atoms with Gasteiger partial charge in [-0.1, -0.05) is 47.6 Å². The Balaban J connectivity index is 1.21. The van der Waals surface area contributed by atoms with Gasteiger partial charge in [-0.3, -0.25) is 14.8 Å². The third-order valence-electron chi connectivity index (χ3n) is 8.77. The Kier molecular flexibility index (Phi) is 10.3. The number of fused-ring (bicyclic) bond motifs is 1. The van der Waals surface area contributed by atoms with Crippen LogP contribution in [0.15, 0.2) is 48.8 Å². The molecule has 0 saturated carbocycles. The summed E-state index contributed by atoms with van der Waals surface area (Å²) in [5.41, 5.74) is 2.14. The van der Waals surface area contributed by atoms with Crippen LogP contribution in [0.5, 0.6) is 11.5 Å². The van der Waals surface area contributed by atoms with E-state index in [0.717, 1.165) is 24.9 Å². The number of hydrogen-bond donors (Lipinski definition) is 3. The van der Waals surface area contributed by atoms with Gasteiger partial charge in [0.2, 0.25) is 5.91 Å². The molecule has 1 amide bonds. The Morgan fingerprint density at radius 1 is 1.09 bits per heavy atom. The largest absolute Gasteiger partial charge is 0.493 e. The molecule has 0 bridgehead atoms. The Morgan fingerprint density at radius 3 is 2.60 bits per heavy atom. The van der Waals surface area contributed by atoms with Gasteiger partial charge in [-0.2, -0.15) is 5.10 Å². The van der Waals surface area contributed by atoms with E-state index < -0.39 is 5.82 Å². The van der Waals surface area contributed by atoms with Crippen molar-refractivity contribution < 1.29 is 18.7 Å². The van der Waals surface area contributed by atoms with Gasteiger partial charge in [-0.25, -0.2) is 14.4 Å². The number of aromatic nitrogens is 4. The van der Waals surface area contributed by atoms with E-state index in [-0.39, 0.29) is 23.2 Å². The summed E-state index contributed by atoms with van der Waals surface area (Å²) in [5, 5.41) is 13.8. The predicted molar refractivity (Wildman–Crippen MR) is 184 cm³/mol. The zero-order chi connectivity index (χ0) is 33.8. The third-order valence-corrected chi connectivity index (χ3v) is 8.77. The molecular formula is C36H48FN7O3. The van der Waals surface area contributed by atoms with E-state index in [9.17, 15) is 9.18 Å². The molecule has 0 radical (unpaired) electrons. The molecule has 3 heterocycles. The third kappa shape index (κ3) is 8.57. The molecule has 3 N–H and O–H groups in total. The number of anilines is 3. The second kappa shape index (κ2) is 14.3. The highest BCUT2D eigenvalue weighted by Crippen LogP contribution is 2.46. The number of H-pyrrole nitrogens is 1. The maximum absolute atomic E-state index is 13.4. The van der Waals surface area contributed by atoms with Crippen LogP contribution < -0.4 is 20.1 Å². The number of benzene rings is 2. The topological polar surface area (TPSA) is 117 Å². The molecule has 0 unspecified atom stereocenters. The average Bonchev–Trinajstić information content (AvgIpc) is 3.62. The van der Waals surface area contributed by atoms with Gasteiger partial charge in [0.15, 0.2) is 17.3 Å². The summed E-state index contributed by atoms with van der Waals surface area (Å²) in [6.07, 6.45) is 4.93. The van der Waals surface area contributed by atoms with E-state index in [0.29, 0.717) is 58.6 Å². The maximum atomic E-state index is 13.4. The number of aromatic amines is 1. The van der Waals surface area contributed by atoms with Crippen molar-refractivity contribution in [3.8, 4) is 11.5 Å². The Bertz CT molecular complexity index is 1660. The lowest BCUT2D eigenvalue weighted by Gasteiger charge is -2.47. The first-order chi connectivity index (χ1) is 22.3. The summed E-state index contributed by atoms with van der Waals surface area (Å²) in [5.74, 6) is 2.13. The van der Waals surface area contributed by atoms with Gasteiger partial charge in [0, 0.05) is 41.5 Å². The van der Waals surface area contributed by atoms with Crippen molar-refractivity contribution in [2.75, 3.05) is 37.4 Å². The molecule has 4 aromatic rings. The molecular weight excluding hydrogens is 597 g/mol. The van der Waals surface area contributed by atoms with Crippen molar-refractivity contribution in [1.29, 1.82) is 0 Å². The van der Waals surface area contributed by atoms with Gasteiger partial charge in [-0.05, 0) is 66.8 Å². The Hall–Kier alpha value is -4.25. The molecule has 10 nitrogen and oxygen atoms in total. The summed E-state index contributed by atoms with van der Waals surface area (Å²) in [6.45, 7) is 17.0. The normalized spacial score (nSPS) is 15.7. The van der Waals surface area contributed by atoms with Crippen molar-refractivity contribution in [3.63, 3.8) is 0 Å². The molecule has 252 valence electrons. The first-order valence-electron chi connectivity index (χ1n) is 16.4. The molecule has 1 aliphatic heterocycles. The van der Waals surface area contributed by atoms with Crippen molar-refractivity contribution in [2.45, 2.75) is 73.3 Å². The lowest BCUT2D eigenvalue weighted by Crippen LogP contribution is -2.48. The fourth-order valence-electron chi connectivity index (χ4n) is 7.43. The van der Waals surface area contributed by atoms with Gasteiger partial charge in [0.1, 0.15) is 18.0 Å². The van der Waals surface area contributed by atoms with Crippen molar-refractivity contribution in [3.05, 3.63) is 60.3 Å². The molecule has 5 rings (SSSR count). The van der Waals surface area contributed by atoms with Crippen LogP contribution in [0.3, 0.4) is 0 Å². The molecule has 2 aromatic heterocycles. The average molecular weight is 646 g/mol. The van der Waals surface area contributed by atoms with Crippen LogP contribution in [0, 0.1) is 22.6 Å². The van der Waals surface area contributed by atoms with Crippen LogP contribution >= 0.6 is 0 Å². The summed E-state index contributed by atoms with van der Waals surface area (Å²) in [4.78, 5) is 24.0. The van der Waals surface area contributed by atoms with E-state index in [1.165, 1.54) is 31.3 Å². The number of amides is 1. The molecule has 1 fully saturated rings. The molecule has 11 heteroatoms. The van der Waals surface area contributed by atoms with Crippen LogP contribution in [-0.2, 0) is 11.2 Å². The van der Waals surface area contributed by atoms with Crippen LogP contribution in [0.4, 0.5) is 21.7 Å². The number of nitrogens with zero attached hydrogens (tertiary/aromatic N) is 4. The highest BCUT2D eigenvalue weighted by molar-refractivity contribution is 5.93. The molecule has 1 aliphatic rings. The number of likely N-dealkylation sites (tertiary alicyclic amines) is 1. The van der Waals surface area contributed by atoms with Crippen LogP contribution in [0.2, 0.25) is 0 Å². The first kappa shape index (κ1) is 34.1. The lowest BCUT2D eigenvalue weighted by molar-refractivity contribution is -0.115. The predicted octanol–water partition coefficient (Wildman–Crippen LogP) is 7.37. The highest BCUT2D eigenvalue weighted by Gasteiger charge is 2.44. The quantitative estimate of drug-likeness (QED) is 0.137. The molecule has 0 spiro atoms. The first-order valence-corrected chi connectivity index (χ1v) is 16.4. The Labute approximate surface area is 276 Å². The van der Waals surface area contributed by atoms with E-state index in [1.54, 1.807) is 25.3 Å². The van der Waals surface area contributed by atoms with E-state index in [4.69, 9.17) is 9.47 Å². The summed E-state index contributed by atoms with van der Waals surface area (Å²) in [7, 11) is 1.62. The van der Waals surface area contributed by atoms with Crippen LogP contribution in [-0.4, -0.2) is 63.8 Å². The highest BCUT2D eigenvalue weighted by atomic mass is 19.1. The number of carbonyl (C=O) groups excluding carboxylic acids is 1. The molecule has 47 heavy (non-hydrogen) atoms. The number of ether oxygens (including phenoxy) is 2. The fraction of sp³-hybridized carbons (Fsp3) is 0.500. The van der Waals surface area contributed by atoms with E-state index >= 15 is 0 Å².